The van der Waals surface area contributed by atoms with Crippen molar-refractivity contribution in [1.29, 1.82) is 0 Å². The van der Waals surface area contributed by atoms with Gasteiger partial charge in [0, 0.05) is 21.3 Å². The van der Waals surface area contributed by atoms with Gasteiger partial charge in [0.1, 0.15) is 11.5 Å². The van der Waals surface area contributed by atoms with Crippen molar-refractivity contribution in [3.05, 3.63) is 82.0 Å². The standard InChI is InChI=1S/C29H38O5/c1-21(2)8-14-25-16-12-24(19-28(25)34-29(31-6)32-7)11-10-23-13-17-27(33-20-30-5)26(18-23)15-9-22(3)4/h8-13,16-19,29H,14-15,20H2,1-7H3. The third-order valence-corrected chi connectivity index (χ3v) is 5.04. The molecule has 0 radical (unpaired) electrons. The molecule has 0 aliphatic rings. The lowest BCUT2D eigenvalue weighted by Crippen LogP contribution is -2.21. The maximum Gasteiger partial charge on any atom is 0.315 e. The van der Waals surface area contributed by atoms with Crippen LogP contribution in [0.2, 0.25) is 0 Å². The van der Waals surface area contributed by atoms with Gasteiger partial charge in [0.2, 0.25) is 0 Å². The van der Waals surface area contributed by atoms with Gasteiger partial charge in [0.05, 0.1) is 0 Å². The molecule has 2 aromatic carbocycles. The van der Waals surface area contributed by atoms with Crippen molar-refractivity contribution < 1.29 is 23.7 Å². The Kier molecular flexibility index (Phi) is 11.6. The smallest absolute Gasteiger partial charge is 0.315 e. The number of hydrogen-bond acceptors (Lipinski definition) is 5. The Bertz CT molecular complexity index is 992. The van der Waals surface area contributed by atoms with E-state index in [9.17, 15) is 0 Å². The quantitative estimate of drug-likeness (QED) is 0.184. The summed E-state index contributed by atoms with van der Waals surface area (Å²) in [6.45, 7) is 7.82. The third kappa shape index (κ3) is 9.18. The van der Waals surface area contributed by atoms with Crippen LogP contribution in [-0.4, -0.2) is 34.6 Å². The summed E-state index contributed by atoms with van der Waals surface area (Å²) < 4.78 is 27.3. The molecule has 0 saturated carbocycles. The lowest BCUT2D eigenvalue weighted by atomic mass is 10.0. The number of ether oxygens (including phenoxy) is 5. The van der Waals surface area contributed by atoms with E-state index in [-0.39, 0.29) is 6.79 Å². The molecule has 0 heterocycles. The second-order valence-electron chi connectivity index (χ2n) is 8.47. The van der Waals surface area contributed by atoms with E-state index < -0.39 is 6.48 Å². The molecule has 0 aromatic heterocycles. The molecule has 0 aliphatic heterocycles. The van der Waals surface area contributed by atoms with Gasteiger partial charge in [-0.05, 0) is 81.0 Å². The zero-order valence-electron chi connectivity index (χ0n) is 21.5. The van der Waals surface area contributed by atoms with Crippen molar-refractivity contribution in [2.45, 2.75) is 47.0 Å². The first-order valence-electron chi connectivity index (χ1n) is 11.4. The van der Waals surface area contributed by atoms with Gasteiger partial charge in [-0.1, -0.05) is 53.6 Å². The van der Waals surface area contributed by atoms with Gasteiger partial charge in [-0.3, -0.25) is 0 Å². The fourth-order valence-corrected chi connectivity index (χ4v) is 3.20. The summed E-state index contributed by atoms with van der Waals surface area (Å²) in [5, 5.41) is 0. The maximum absolute atomic E-state index is 5.95. The zero-order valence-corrected chi connectivity index (χ0v) is 21.5. The number of rotatable bonds is 13. The van der Waals surface area contributed by atoms with Gasteiger partial charge in [-0.25, -0.2) is 0 Å². The highest BCUT2D eigenvalue weighted by atomic mass is 16.8. The molecule has 34 heavy (non-hydrogen) atoms. The van der Waals surface area contributed by atoms with Gasteiger partial charge in [-0.2, -0.15) is 0 Å². The van der Waals surface area contributed by atoms with Crippen LogP contribution in [0.15, 0.2) is 59.7 Å². The summed E-state index contributed by atoms with van der Waals surface area (Å²) in [7, 11) is 4.73. The van der Waals surface area contributed by atoms with Crippen LogP contribution in [0.25, 0.3) is 12.2 Å². The fourth-order valence-electron chi connectivity index (χ4n) is 3.20. The van der Waals surface area contributed by atoms with Gasteiger partial charge < -0.3 is 23.7 Å². The monoisotopic (exact) mass is 466 g/mol. The van der Waals surface area contributed by atoms with Crippen molar-refractivity contribution in [3.8, 4) is 11.5 Å². The number of benzene rings is 2. The van der Waals surface area contributed by atoms with Crippen LogP contribution >= 0.6 is 0 Å². The minimum Gasteiger partial charge on any atom is -0.467 e. The van der Waals surface area contributed by atoms with Crippen LogP contribution in [0.4, 0.5) is 0 Å². The Morgan fingerprint density at radius 1 is 0.735 bits per heavy atom. The average molecular weight is 467 g/mol. The molecule has 5 heteroatoms. The minimum absolute atomic E-state index is 0.225. The van der Waals surface area contributed by atoms with E-state index in [1.54, 1.807) is 21.3 Å². The lowest BCUT2D eigenvalue weighted by molar-refractivity contribution is -0.219. The topological polar surface area (TPSA) is 46.2 Å². The molecule has 0 fully saturated rings. The molecule has 2 aromatic rings. The van der Waals surface area contributed by atoms with Gasteiger partial charge in [0.15, 0.2) is 6.79 Å². The van der Waals surface area contributed by atoms with Crippen molar-refractivity contribution in [3.63, 3.8) is 0 Å². The van der Waals surface area contributed by atoms with Gasteiger partial charge in [0.25, 0.3) is 0 Å². The molecular weight excluding hydrogens is 428 g/mol. The van der Waals surface area contributed by atoms with Crippen LogP contribution in [0, 0.1) is 0 Å². The van der Waals surface area contributed by atoms with E-state index in [0.717, 1.165) is 46.6 Å². The second-order valence-corrected chi connectivity index (χ2v) is 8.47. The SMILES string of the molecule is COCOc1ccc(C=Cc2ccc(CC=C(C)C)c(OC(OC)OC)c2)cc1CC=C(C)C. The molecule has 0 bridgehead atoms. The van der Waals surface area contributed by atoms with Crippen molar-refractivity contribution >= 4 is 12.2 Å². The normalized spacial score (nSPS) is 11.1. The maximum atomic E-state index is 5.95. The number of allylic oxidation sites excluding steroid dienone is 4. The molecule has 0 saturated heterocycles. The minimum atomic E-state index is -0.762. The predicted molar refractivity (Wildman–Crippen MR) is 139 cm³/mol. The van der Waals surface area contributed by atoms with Crippen LogP contribution in [0.1, 0.15) is 49.9 Å². The van der Waals surface area contributed by atoms with Crippen LogP contribution in [-0.2, 0) is 27.1 Å². The van der Waals surface area contributed by atoms with Crippen molar-refractivity contribution in [2.24, 2.45) is 0 Å². The summed E-state index contributed by atoms with van der Waals surface area (Å²) >= 11 is 0. The molecule has 5 nitrogen and oxygen atoms in total. The third-order valence-electron chi connectivity index (χ3n) is 5.04. The average Bonchev–Trinajstić information content (AvgIpc) is 2.83. The van der Waals surface area contributed by atoms with E-state index in [1.807, 2.05) is 18.2 Å². The highest BCUT2D eigenvalue weighted by molar-refractivity contribution is 5.71. The van der Waals surface area contributed by atoms with Crippen LogP contribution in [0.3, 0.4) is 0 Å². The first-order valence-corrected chi connectivity index (χ1v) is 11.4. The van der Waals surface area contributed by atoms with Crippen molar-refractivity contribution in [2.75, 3.05) is 28.1 Å². The molecule has 0 aliphatic carbocycles. The predicted octanol–water partition coefficient (Wildman–Crippen LogP) is 6.81. The Hall–Kier alpha value is -2.86. The summed E-state index contributed by atoms with van der Waals surface area (Å²) in [6.07, 6.45) is 10.1. The van der Waals surface area contributed by atoms with E-state index in [2.05, 4.69) is 70.2 Å². The first-order chi connectivity index (χ1) is 16.4. The molecule has 184 valence electrons. The Labute approximate surface area is 204 Å². The van der Waals surface area contributed by atoms with Crippen LogP contribution < -0.4 is 9.47 Å². The second kappa shape index (κ2) is 14.4. The Morgan fingerprint density at radius 2 is 1.32 bits per heavy atom. The molecule has 0 amide bonds. The van der Waals surface area contributed by atoms with E-state index >= 15 is 0 Å². The van der Waals surface area contributed by atoms with E-state index in [4.69, 9.17) is 23.7 Å². The fraction of sp³-hybridized carbons (Fsp3) is 0.379. The van der Waals surface area contributed by atoms with E-state index in [0.29, 0.717) is 0 Å². The highest BCUT2D eigenvalue weighted by Gasteiger charge is 2.11. The molecule has 0 spiro atoms. The van der Waals surface area contributed by atoms with Gasteiger partial charge >= 0.3 is 6.48 Å². The summed E-state index contributed by atoms with van der Waals surface area (Å²) in [5.74, 6) is 1.57. The Morgan fingerprint density at radius 3 is 1.91 bits per heavy atom. The molecular formula is C29H38O5. The summed E-state index contributed by atoms with van der Waals surface area (Å²) in [4.78, 5) is 0. The summed E-state index contributed by atoms with van der Waals surface area (Å²) in [5.41, 5.74) is 6.82. The summed E-state index contributed by atoms with van der Waals surface area (Å²) in [6, 6.07) is 12.4. The highest BCUT2D eigenvalue weighted by Crippen LogP contribution is 2.26. The molecule has 0 atom stereocenters. The van der Waals surface area contributed by atoms with E-state index in [1.165, 1.54) is 11.1 Å². The Balaban J connectivity index is 2.32. The molecule has 2 rings (SSSR count). The lowest BCUT2D eigenvalue weighted by Gasteiger charge is -2.18. The zero-order chi connectivity index (χ0) is 24.9. The number of methoxy groups -OCH3 is 3. The number of hydrogen-bond donors (Lipinski definition) is 0. The largest absolute Gasteiger partial charge is 0.467 e. The first kappa shape index (κ1) is 27.4. The van der Waals surface area contributed by atoms with Gasteiger partial charge in [-0.15, -0.1) is 0 Å². The molecule has 0 unspecified atom stereocenters. The van der Waals surface area contributed by atoms with Crippen LogP contribution in [0.5, 0.6) is 11.5 Å². The molecule has 0 N–H and O–H groups in total. The van der Waals surface area contributed by atoms with Crippen molar-refractivity contribution in [1.82, 2.24) is 0 Å².